The van der Waals surface area contributed by atoms with Gasteiger partial charge in [-0.15, -0.1) is 0 Å². The first-order valence-electron chi connectivity index (χ1n) is 11.3. The molecule has 35 heavy (non-hydrogen) atoms. The molecule has 0 aliphatic heterocycles. The molecule has 0 aliphatic rings. The second-order valence-electron chi connectivity index (χ2n) is 8.41. The predicted octanol–water partition coefficient (Wildman–Crippen LogP) is 5.40. The van der Waals surface area contributed by atoms with Crippen molar-refractivity contribution >= 4 is 22.6 Å². The zero-order valence-electron chi connectivity index (χ0n) is 20.3. The standard InChI is InChI=1S/C28H29N3O4/c1-18-13-14-19(2)26-22(18)15-21(27(32)30-26)17-31(16-20-9-5-7-11-24(20)34-3)28(33)29-23-10-6-8-12-25(23)35-4/h5-15H,16-17H2,1-4H3,(H,29,33)(H,30,32). The number of benzene rings is 3. The summed E-state index contributed by atoms with van der Waals surface area (Å²) in [7, 11) is 3.15. The van der Waals surface area contributed by atoms with Crippen molar-refractivity contribution in [3.63, 3.8) is 0 Å². The average molecular weight is 472 g/mol. The van der Waals surface area contributed by atoms with Gasteiger partial charge in [-0.3, -0.25) is 4.79 Å². The largest absolute Gasteiger partial charge is 0.496 e. The van der Waals surface area contributed by atoms with Gasteiger partial charge < -0.3 is 24.7 Å². The number of nitrogens with one attached hydrogen (secondary N) is 2. The maximum Gasteiger partial charge on any atom is 0.322 e. The van der Waals surface area contributed by atoms with Crippen molar-refractivity contribution in [1.82, 2.24) is 9.88 Å². The number of para-hydroxylation sites is 3. The molecule has 2 amide bonds. The highest BCUT2D eigenvalue weighted by Gasteiger charge is 2.20. The molecule has 3 aromatic carbocycles. The number of hydrogen-bond acceptors (Lipinski definition) is 4. The fraction of sp³-hybridized carbons (Fsp3) is 0.214. The van der Waals surface area contributed by atoms with Gasteiger partial charge in [-0.05, 0) is 49.2 Å². The van der Waals surface area contributed by atoms with Crippen LogP contribution >= 0.6 is 0 Å². The van der Waals surface area contributed by atoms with Crippen molar-refractivity contribution in [2.75, 3.05) is 19.5 Å². The molecule has 0 bridgehead atoms. The number of methoxy groups -OCH3 is 2. The number of hydrogen-bond donors (Lipinski definition) is 2. The van der Waals surface area contributed by atoms with E-state index in [1.54, 1.807) is 31.3 Å². The molecule has 180 valence electrons. The molecule has 0 atom stereocenters. The lowest BCUT2D eigenvalue weighted by molar-refractivity contribution is 0.205. The number of ether oxygens (including phenoxy) is 2. The van der Waals surface area contributed by atoms with Crippen LogP contribution in [0.1, 0.15) is 22.3 Å². The predicted molar refractivity (Wildman–Crippen MR) is 138 cm³/mol. The zero-order valence-corrected chi connectivity index (χ0v) is 20.3. The smallest absolute Gasteiger partial charge is 0.322 e. The van der Waals surface area contributed by atoms with E-state index in [0.29, 0.717) is 22.7 Å². The van der Waals surface area contributed by atoms with Crippen molar-refractivity contribution in [1.29, 1.82) is 0 Å². The summed E-state index contributed by atoms with van der Waals surface area (Å²) in [5.41, 5.74) is 4.51. The van der Waals surface area contributed by atoms with Crippen LogP contribution in [0.4, 0.5) is 10.5 Å². The Morgan fingerprint density at radius 3 is 2.23 bits per heavy atom. The molecule has 4 aromatic rings. The van der Waals surface area contributed by atoms with Gasteiger partial charge in [0.15, 0.2) is 0 Å². The number of carbonyl (C=O) groups excluding carboxylic acids is 1. The molecular formula is C28H29N3O4. The van der Waals surface area contributed by atoms with Crippen LogP contribution in [0.3, 0.4) is 0 Å². The minimum atomic E-state index is -0.360. The van der Waals surface area contributed by atoms with E-state index in [1.165, 1.54) is 0 Å². The summed E-state index contributed by atoms with van der Waals surface area (Å²) in [6.45, 7) is 4.32. The number of nitrogens with zero attached hydrogens (tertiary/aromatic N) is 1. The molecule has 0 saturated heterocycles. The van der Waals surface area contributed by atoms with E-state index >= 15 is 0 Å². The van der Waals surface area contributed by atoms with E-state index in [1.807, 2.05) is 68.4 Å². The van der Waals surface area contributed by atoms with Gasteiger partial charge in [0, 0.05) is 16.5 Å². The minimum Gasteiger partial charge on any atom is -0.496 e. The lowest BCUT2D eigenvalue weighted by atomic mass is 10.0. The Bertz CT molecular complexity index is 1430. The summed E-state index contributed by atoms with van der Waals surface area (Å²) in [5, 5.41) is 3.89. The fourth-order valence-electron chi connectivity index (χ4n) is 4.12. The Labute approximate surface area is 204 Å². The highest BCUT2D eigenvalue weighted by molar-refractivity contribution is 5.91. The highest BCUT2D eigenvalue weighted by atomic mass is 16.5. The van der Waals surface area contributed by atoms with Crippen molar-refractivity contribution in [3.8, 4) is 11.5 Å². The number of pyridine rings is 1. The van der Waals surface area contributed by atoms with Crippen LogP contribution in [0.2, 0.25) is 0 Å². The van der Waals surface area contributed by atoms with Crippen molar-refractivity contribution in [2.45, 2.75) is 26.9 Å². The number of urea groups is 1. The van der Waals surface area contributed by atoms with Gasteiger partial charge >= 0.3 is 6.03 Å². The van der Waals surface area contributed by atoms with Crippen LogP contribution in [0.25, 0.3) is 10.9 Å². The number of aromatic nitrogens is 1. The van der Waals surface area contributed by atoms with E-state index in [0.717, 1.165) is 27.6 Å². The first-order valence-corrected chi connectivity index (χ1v) is 11.3. The van der Waals surface area contributed by atoms with Crippen LogP contribution < -0.4 is 20.3 Å². The van der Waals surface area contributed by atoms with Crippen molar-refractivity contribution in [3.05, 3.63) is 99.3 Å². The van der Waals surface area contributed by atoms with Gasteiger partial charge in [-0.2, -0.15) is 0 Å². The third-order valence-electron chi connectivity index (χ3n) is 6.07. The Kier molecular flexibility index (Phi) is 7.06. The van der Waals surface area contributed by atoms with Gasteiger partial charge in [-0.25, -0.2) is 4.79 Å². The Balaban J connectivity index is 1.73. The lowest BCUT2D eigenvalue weighted by Gasteiger charge is -2.25. The molecule has 0 saturated carbocycles. The zero-order chi connectivity index (χ0) is 24.9. The summed E-state index contributed by atoms with van der Waals surface area (Å²) in [6, 6.07) is 20.3. The van der Waals surface area contributed by atoms with Crippen LogP contribution in [0.15, 0.2) is 71.5 Å². The summed E-state index contributed by atoms with van der Waals surface area (Å²) < 4.78 is 10.9. The third kappa shape index (κ3) is 5.14. The van der Waals surface area contributed by atoms with Crippen molar-refractivity contribution < 1.29 is 14.3 Å². The number of aromatic amines is 1. The van der Waals surface area contributed by atoms with Crippen molar-refractivity contribution in [2.24, 2.45) is 0 Å². The topological polar surface area (TPSA) is 83.7 Å². The number of fused-ring (bicyclic) bond motifs is 1. The Hall–Kier alpha value is -4.26. The number of carbonyl (C=O) groups is 1. The normalized spacial score (nSPS) is 10.7. The number of amides is 2. The molecule has 0 fully saturated rings. The summed E-state index contributed by atoms with van der Waals surface area (Å²) in [6.07, 6.45) is 0. The maximum absolute atomic E-state index is 13.5. The van der Waals surface area contributed by atoms with Crippen LogP contribution in [0, 0.1) is 13.8 Å². The van der Waals surface area contributed by atoms with Crippen LogP contribution in [-0.2, 0) is 13.1 Å². The highest BCUT2D eigenvalue weighted by Crippen LogP contribution is 2.26. The van der Waals surface area contributed by atoms with E-state index < -0.39 is 0 Å². The second-order valence-corrected chi connectivity index (χ2v) is 8.41. The SMILES string of the molecule is COc1ccccc1CN(Cc1cc2c(C)ccc(C)c2[nH]c1=O)C(=O)Nc1ccccc1OC. The molecule has 4 rings (SSSR count). The molecule has 0 unspecified atom stereocenters. The minimum absolute atomic E-state index is 0.109. The summed E-state index contributed by atoms with van der Waals surface area (Å²) in [4.78, 5) is 31.1. The van der Waals surface area contributed by atoms with E-state index in [4.69, 9.17) is 9.47 Å². The summed E-state index contributed by atoms with van der Waals surface area (Å²) in [5.74, 6) is 1.22. The van der Waals surface area contributed by atoms with Gasteiger partial charge in [0.25, 0.3) is 5.56 Å². The van der Waals surface area contributed by atoms with Crippen LogP contribution in [0.5, 0.6) is 11.5 Å². The first kappa shape index (κ1) is 23.9. The maximum atomic E-state index is 13.5. The Morgan fingerprint density at radius 2 is 1.49 bits per heavy atom. The molecule has 1 aromatic heterocycles. The second kappa shape index (κ2) is 10.3. The lowest BCUT2D eigenvalue weighted by Crippen LogP contribution is -2.36. The number of rotatable bonds is 7. The molecule has 7 heteroatoms. The molecule has 0 spiro atoms. The van der Waals surface area contributed by atoms with Crippen LogP contribution in [-0.4, -0.2) is 30.1 Å². The van der Waals surface area contributed by atoms with Gasteiger partial charge in [0.05, 0.1) is 38.5 Å². The molecular weight excluding hydrogens is 442 g/mol. The molecule has 1 heterocycles. The molecule has 0 radical (unpaired) electrons. The first-order chi connectivity index (χ1) is 16.9. The molecule has 0 aliphatic carbocycles. The van der Waals surface area contributed by atoms with E-state index in [9.17, 15) is 9.59 Å². The summed E-state index contributed by atoms with van der Waals surface area (Å²) >= 11 is 0. The Morgan fingerprint density at radius 1 is 0.857 bits per heavy atom. The monoisotopic (exact) mass is 471 g/mol. The number of anilines is 1. The van der Waals surface area contributed by atoms with Gasteiger partial charge in [-0.1, -0.05) is 42.5 Å². The van der Waals surface area contributed by atoms with E-state index in [-0.39, 0.29) is 24.7 Å². The molecule has 2 N–H and O–H groups in total. The average Bonchev–Trinajstić information content (AvgIpc) is 2.87. The third-order valence-corrected chi connectivity index (χ3v) is 6.07. The quantitative estimate of drug-likeness (QED) is 0.378. The van der Waals surface area contributed by atoms with Gasteiger partial charge in [0.2, 0.25) is 0 Å². The number of aryl methyl sites for hydroxylation is 2. The number of H-pyrrole nitrogens is 1. The van der Waals surface area contributed by atoms with Gasteiger partial charge in [0.1, 0.15) is 11.5 Å². The molecule has 7 nitrogen and oxygen atoms in total. The van der Waals surface area contributed by atoms with E-state index in [2.05, 4.69) is 10.3 Å². The fourth-order valence-corrected chi connectivity index (χ4v) is 4.12.